The van der Waals surface area contributed by atoms with Gasteiger partial charge in [-0.25, -0.2) is 0 Å². The fourth-order valence-electron chi connectivity index (χ4n) is 3.96. The van der Waals surface area contributed by atoms with E-state index in [-0.39, 0.29) is 97.8 Å². The number of hydrogen-bond acceptors (Lipinski definition) is 8. The zero-order valence-electron chi connectivity index (χ0n) is 22.2. The predicted octanol–water partition coefficient (Wildman–Crippen LogP) is 6.80. The second-order valence-corrected chi connectivity index (χ2v) is 8.60. The number of rotatable bonds is 4. The van der Waals surface area contributed by atoms with Gasteiger partial charge in [0.1, 0.15) is 0 Å². The molecule has 0 aliphatic rings. The van der Waals surface area contributed by atoms with E-state index in [1.165, 1.54) is 24.3 Å². The maximum absolute atomic E-state index is 11.9. The first-order valence-corrected chi connectivity index (χ1v) is 12.2. The van der Waals surface area contributed by atoms with E-state index in [9.17, 15) is 20.4 Å². The van der Waals surface area contributed by atoms with E-state index in [1.807, 2.05) is 48.5 Å². The van der Waals surface area contributed by atoms with Gasteiger partial charge in [-0.15, -0.1) is 0 Å². The minimum Gasteiger partial charge on any atom is -0.871 e. The Kier molecular flexibility index (Phi) is 13.4. The number of fused-ring (bicyclic) bond motifs is 2. The Labute approximate surface area is 280 Å². The normalized spacial score (nSPS) is 10.4. The zero-order valence-corrected chi connectivity index (χ0v) is 26.0. The van der Waals surface area contributed by atoms with Crippen LogP contribution in [0.15, 0.2) is 142 Å². The number of hydrogen-bond donors (Lipinski definition) is 0. The molecule has 0 fully saturated rings. The fourth-order valence-corrected chi connectivity index (χ4v) is 3.96. The van der Waals surface area contributed by atoms with E-state index in [2.05, 4.69) is 20.5 Å². The summed E-state index contributed by atoms with van der Waals surface area (Å²) in [5, 5.41) is 66.0. The summed E-state index contributed by atoms with van der Waals surface area (Å²) in [6.45, 7) is 0. The first kappa shape index (κ1) is 35.0. The van der Waals surface area contributed by atoms with Crippen molar-refractivity contribution in [1.82, 2.24) is 0 Å². The molecule has 0 aliphatic heterocycles. The van der Waals surface area contributed by atoms with E-state index < -0.39 is 0 Å². The van der Waals surface area contributed by atoms with Crippen LogP contribution in [0.5, 0.6) is 23.0 Å². The number of benzene rings is 6. The van der Waals surface area contributed by atoms with Gasteiger partial charge in [0.25, 0.3) is 0 Å². The summed E-state index contributed by atoms with van der Waals surface area (Å²) < 4.78 is 0. The molecule has 0 unspecified atom stereocenters. The molecule has 6 aromatic rings. The maximum atomic E-state index is 11.9. The van der Waals surface area contributed by atoms with E-state index in [4.69, 9.17) is 0 Å². The molecule has 0 radical (unpaired) electrons. The van der Waals surface area contributed by atoms with Crippen LogP contribution in [0.2, 0.25) is 0 Å². The van der Waals surface area contributed by atoms with Crippen molar-refractivity contribution in [2.45, 2.75) is 0 Å². The van der Waals surface area contributed by atoms with Gasteiger partial charge in [0.15, 0.2) is 0 Å². The minimum absolute atomic E-state index is 0. The molecular formula is C32H20Cr3N4O4-4. The quantitative estimate of drug-likeness (QED) is 0.189. The average Bonchev–Trinajstić information content (AvgIpc) is 2.98. The first-order chi connectivity index (χ1) is 19.5. The van der Waals surface area contributed by atoms with Crippen LogP contribution in [-0.2, 0) is 52.1 Å². The van der Waals surface area contributed by atoms with Crippen LogP contribution in [0, 0.1) is 0 Å². The van der Waals surface area contributed by atoms with Gasteiger partial charge in [0.05, 0.1) is 22.7 Å². The zero-order chi connectivity index (χ0) is 27.9. The Morgan fingerprint density at radius 1 is 0.326 bits per heavy atom. The SMILES string of the molecule is [Cr].[Cr].[Cr].[O-]c1ccccc1N=Nc1c([O-])ccc2ccccc12.[O-]c1ccccc1N=Nc1c([O-])ccc2ccccc12. The Hall–Kier alpha value is -4.16. The van der Waals surface area contributed by atoms with Gasteiger partial charge in [-0.05, 0) is 22.9 Å². The van der Waals surface area contributed by atoms with E-state index in [0.29, 0.717) is 0 Å². The van der Waals surface area contributed by atoms with Gasteiger partial charge >= 0.3 is 0 Å². The molecule has 6 rings (SSSR count). The van der Waals surface area contributed by atoms with Crippen LogP contribution < -0.4 is 20.4 Å². The van der Waals surface area contributed by atoms with Crippen LogP contribution in [0.3, 0.4) is 0 Å². The van der Waals surface area contributed by atoms with Crippen LogP contribution in [0.25, 0.3) is 21.5 Å². The molecule has 8 nitrogen and oxygen atoms in total. The topological polar surface area (TPSA) is 142 Å². The summed E-state index contributed by atoms with van der Waals surface area (Å²) in [6, 6.07) is 33.9. The minimum atomic E-state index is -0.219. The molecular weight excluding hydrogens is 660 g/mol. The van der Waals surface area contributed by atoms with Gasteiger partial charge in [-0.2, -0.15) is 20.5 Å². The smallest absolute Gasteiger partial charge is 0.0857 e. The first-order valence-electron chi connectivity index (χ1n) is 12.2. The van der Waals surface area contributed by atoms with Crippen molar-refractivity contribution >= 4 is 44.3 Å². The molecule has 0 N–H and O–H groups in total. The number of nitrogens with zero attached hydrogens (tertiary/aromatic N) is 4. The molecule has 43 heavy (non-hydrogen) atoms. The largest absolute Gasteiger partial charge is 0.871 e. The molecule has 0 aromatic heterocycles. The Bertz CT molecular complexity index is 1750. The van der Waals surface area contributed by atoms with Crippen molar-refractivity contribution in [3.63, 3.8) is 0 Å². The molecule has 0 atom stereocenters. The second-order valence-electron chi connectivity index (χ2n) is 8.60. The fraction of sp³-hybridized carbons (Fsp3) is 0. The Morgan fingerprint density at radius 3 is 1.07 bits per heavy atom. The van der Waals surface area contributed by atoms with E-state index in [1.54, 1.807) is 48.5 Å². The van der Waals surface area contributed by atoms with Crippen molar-refractivity contribution < 1.29 is 72.5 Å². The van der Waals surface area contributed by atoms with Crippen molar-refractivity contribution in [3.05, 3.63) is 121 Å². The maximum Gasteiger partial charge on any atom is 0.0857 e. The van der Waals surface area contributed by atoms with E-state index in [0.717, 1.165) is 21.5 Å². The van der Waals surface area contributed by atoms with E-state index >= 15 is 0 Å². The summed E-state index contributed by atoms with van der Waals surface area (Å²) in [4.78, 5) is 0. The van der Waals surface area contributed by atoms with Crippen molar-refractivity contribution in [2.75, 3.05) is 0 Å². The summed E-state index contributed by atoms with van der Waals surface area (Å²) in [5.41, 5.74) is 0.956. The second kappa shape index (κ2) is 16.5. The predicted molar refractivity (Wildman–Crippen MR) is 147 cm³/mol. The summed E-state index contributed by atoms with van der Waals surface area (Å²) in [7, 11) is 0. The van der Waals surface area contributed by atoms with Gasteiger partial charge in [0, 0.05) is 62.9 Å². The molecule has 0 amide bonds. The number of para-hydroxylation sites is 2. The molecule has 6 aromatic carbocycles. The van der Waals surface area contributed by atoms with Crippen molar-refractivity contribution in [3.8, 4) is 23.0 Å². The molecule has 0 spiro atoms. The number of azo groups is 2. The summed E-state index contributed by atoms with van der Waals surface area (Å²) in [6.07, 6.45) is 0. The third-order valence-electron chi connectivity index (χ3n) is 5.97. The third kappa shape index (κ3) is 8.45. The molecule has 0 saturated heterocycles. The summed E-state index contributed by atoms with van der Waals surface area (Å²) >= 11 is 0. The van der Waals surface area contributed by atoms with Gasteiger partial charge in [0.2, 0.25) is 0 Å². The van der Waals surface area contributed by atoms with Crippen LogP contribution in [-0.4, -0.2) is 0 Å². The molecule has 11 heteroatoms. The molecule has 0 saturated carbocycles. The average molecular weight is 681 g/mol. The van der Waals surface area contributed by atoms with Crippen molar-refractivity contribution in [2.24, 2.45) is 20.5 Å². The van der Waals surface area contributed by atoms with Gasteiger partial charge in [-0.3, -0.25) is 0 Å². The Morgan fingerprint density at radius 2 is 0.674 bits per heavy atom. The standard InChI is InChI=1S/2C16H12N2O2.3Cr/c2*19-14-8-4-3-7-13(14)17-18-16-12-6-2-1-5-11(12)9-10-15(16)20;;;/h2*1-10,19-20H;;;/p-4. The summed E-state index contributed by atoms with van der Waals surface area (Å²) in [5.74, 6) is -0.862. The van der Waals surface area contributed by atoms with Crippen LogP contribution >= 0.6 is 0 Å². The molecule has 214 valence electrons. The molecule has 0 bridgehead atoms. The monoisotopic (exact) mass is 680 g/mol. The Balaban J connectivity index is 0.000000281. The van der Waals surface area contributed by atoms with Gasteiger partial charge < -0.3 is 20.4 Å². The molecule has 0 heterocycles. The van der Waals surface area contributed by atoms with Gasteiger partial charge in [-0.1, -0.05) is 132 Å². The third-order valence-corrected chi connectivity index (χ3v) is 5.97. The van der Waals surface area contributed by atoms with Crippen LogP contribution in [0.1, 0.15) is 0 Å². The van der Waals surface area contributed by atoms with Crippen molar-refractivity contribution in [1.29, 1.82) is 0 Å². The molecule has 0 aliphatic carbocycles. The van der Waals surface area contributed by atoms with Crippen LogP contribution in [0.4, 0.5) is 22.7 Å².